The molecule has 102 valence electrons. The number of phenols is 1. The summed E-state index contributed by atoms with van der Waals surface area (Å²) in [5.74, 6) is 0.678. The van der Waals surface area contributed by atoms with E-state index in [1.165, 1.54) is 6.42 Å². The van der Waals surface area contributed by atoms with Gasteiger partial charge in [0, 0.05) is 19.7 Å². The number of nitrogens with one attached hydrogen (secondary N) is 1. The van der Waals surface area contributed by atoms with Gasteiger partial charge in [0.15, 0.2) is 11.5 Å². The maximum Gasteiger partial charge on any atom is 0.160 e. The molecule has 0 fully saturated rings. The van der Waals surface area contributed by atoms with Crippen LogP contribution in [0.25, 0.3) is 0 Å². The highest BCUT2D eigenvalue weighted by Crippen LogP contribution is 2.25. The lowest BCUT2D eigenvalue weighted by atomic mass is 10.2. The molecule has 0 heterocycles. The Labute approximate surface area is 109 Å². The molecule has 2 N–H and O–H groups in total. The zero-order valence-electron chi connectivity index (χ0n) is 11.2. The van der Waals surface area contributed by atoms with Crippen molar-refractivity contribution in [3.8, 4) is 11.5 Å². The molecule has 0 saturated heterocycles. The minimum atomic E-state index is 0.171. The largest absolute Gasteiger partial charge is 0.504 e. The van der Waals surface area contributed by atoms with Crippen LogP contribution in [-0.4, -0.2) is 32.0 Å². The molecule has 4 nitrogen and oxygen atoms in total. The van der Waals surface area contributed by atoms with Crippen molar-refractivity contribution in [1.29, 1.82) is 0 Å². The van der Waals surface area contributed by atoms with E-state index in [4.69, 9.17) is 9.47 Å². The third-order valence-electron chi connectivity index (χ3n) is 2.64. The van der Waals surface area contributed by atoms with E-state index in [2.05, 4.69) is 12.2 Å². The van der Waals surface area contributed by atoms with Crippen molar-refractivity contribution < 1.29 is 14.6 Å². The smallest absolute Gasteiger partial charge is 0.160 e. The van der Waals surface area contributed by atoms with Crippen LogP contribution in [0.1, 0.15) is 25.3 Å². The minimum absolute atomic E-state index is 0.171. The number of rotatable bonds is 9. The average Bonchev–Trinajstić information content (AvgIpc) is 2.39. The normalized spacial score (nSPS) is 10.6. The number of aromatic hydroxyl groups is 1. The van der Waals surface area contributed by atoms with Gasteiger partial charge in [-0.05, 0) is 24.1 Å². The second kappa shape index (κ2) is 8.78. The predicted molar refractivity (Wildman–Crippen MR) is 72.1 cm³/mol. The van der Waals surface area contributed by atoms with Gasteiger partial charge in [-0.15, -0.1) is 0 Å². The van der Waals surface area contributed by atoms with Crippen molar-refractivity contribution in [3.05, 3.63) is 23.8 Å². The molecule has 0 radical (unpaired) electrons. The first kappa shape index (κ1) is 14.8. The Bertz CT molecular complexity index is 342. The van der Waals surface area contributed by atoms with Gasteiger partial charge in [-0.1, -0.05) is 19.4 Å². The van der Waals surface area contributed by atoms with Crippen LogP contribution in [0, 0.1) is 0 Å². The van der Waals surface area contributed by atoms with E-state index in [1.807, 2.05) is 12.1 Å². The molecule has 0 saturated carbocycles. The van der Waals surface area contributed by atoms with Crippen molar-refractivity contribution in [1.82, 2.24) is 5.32 Å². The van der Waals surface area contributed by atoms with Gasteiger partial charge in [-0.25, -0.2) is 0 Å². The van der Waals surface area contributed by atoms with Gasteiger partial charge in [0.1, 0.15) is 0 Å². The molecule has 18 heavy (non-hydrogen) atoms. The summed E-state index contributed by atoms with van der Waals surface area (Å²) in [6, 6.07) is 5.36. The topological polar surface area (TPSA) is 50.7 Å². The quantitative estimate of drug-likeness (QED) is 0.663. The first-order chi connectivity index (χ1) is 8.77. The van der Waals surface area contributed by atoms with E-state index in [0.717, 1.165) is 38.3 Å². The Morgan fingerprint density at radius 1 is 1.28 bits per heavy atom. The van der Waals surface area contributed by atoms with Crippen molar-refractivity contribution in [3.63, 3.8) is 0 Å². The molecule has 1 rings (SSSR count). The van der Waals surface area contributed by atoms with Crippen LogP contribution in [0.15, 0.2) is 18.2 Å². The average molecular weight is 253 g/mol. The third kappa shape index (κ3) is 5.38. The Balaban J connectivity index is 2.19. The number of ether oxygens (including phenoxy) is 2. The number of hydrogen-bond acceptors (Lipinski definition) is 4. The zero-order chi connectivity index (χ0) is 13.2. The van der Waals surface area contributed by atoms with E-state index in [0.29, 0.717) is 5.75 Å². The standard InChI is InChI=1S/C14H23NO3/c1-3-4-8-18-9-7-15-11-12-5-6-13(16)14(10-12)17-2/h5-6,10,15-16H,3-4,7-9,11H2,1-2H3. The van der Waals surface area contributed by atoms with E-state index < -0.39 is 0 Å². The molecule has 0 atom stereocenters. The lowest BCUT2D eigenvalue weighted by Crippen LogP contribution is -2.19. The highest BCUT2D eigenvalue weighted by Gasteiger charge is 2.01. The Hall–Kier alpha value is -1.26. The summed E-state index contributed by atoms with van der Waals surface area (Å²) in [7, 11) is 1.55. The van der Waals surface area contributed by atoms with Gasteiger partial charge < -0.3 is 19.9 Å². The highest BCUT2D eigenvalue weighted by atomic mass is 16.5. The molecule has 1 aromatic rings. The summed E-state index contributed by atoms with van der Waals surface area (Å²) in [4.78, 5) is 0. The number of unbranched alkanes of at least 4 members (excludes halogenated alkanes) is 1. The first-order valence-corrected chi connectivity index (χ1v) is 6.42. The van der Waals surface area contributed by atoms with Crippen LogP contribution >= 0.6 is 0 Å². The molecule has 0 aliphatic carbocycles. The molecular weight excluding hydrogens is 230 g/mol. The van der Waals surface area contributed by atoms with Crippen LogP contribution in [0.3, 0.4) is 0 Å². The fourth-order valence-electron chi connectivity index (χ4n) is 1.56. The summed E-state index contributed by atoms with van der Waals surface area (Å²) in [6.07, 6.45) is 2.29. The monoisotopic (exact) mass is 253 g/mol. The number of methoxy groups -OCH3 is 1. The van der Waals surface area contributed by atoms with E-state index in [1.54, 1.807) is 13.2 Å². The zero-order valence-corrected chi connectivity index (χ0v) is 11.2. The van der Waals surface area contributed by atoms with Crippen molar-refractivity contribution in [2.45, 2.75) is 26.3 Å². The van der Waals surface area contributed by atoms with E-state index in [9.17, 15) is 5.11 Å². The maximum atomic E-state index is 9.46. The highest BCUT2D eigenvalue weighted by molar-refractivity contribution is 5.41. The van der Waals surface area contributed by atoms with Gasteiger partial charge in [0.25, 0.3) is 0 Å². The summed E-state index contributed by atoms with van der Waals surface area (Å²) in [5, 5.41) is 12.7. The Kier molecular flexibility index (Phi) is 7.22. The van der Waals surface area contributed by atoms with Crippen LogP contribution in [0.5, 0.6) is 11.5 Å². The fraction of sp³-hybridized carbons (Fsp3) is 0.571. The van der Waals surface area contributed by atoms with Gasteiger partial charge >= 0.3 is 0 Å². The van der Waals surface area contributed by atoms with Gasteiger partial charge in [-0.3, -0.25) is 0 Å². The van der Waals surface area contributed by atoms with Gasteiger partial charge in [-0.2, -0.15) is 0 Å². The third-order valence-corrected chi connectivity index (χ3v) is 2.64. The first-order valence-electron chi connectivity index (χ1n) is 6.42. The van der Waals surface area contributed by atoms with Crippen LogP contribution in [-0.2, 0) is 11.3 Å². The molecule has 4 heteroatoms. The molecule has 0 spiro atoms. The van der Waals surface area contributed by atoms with Crippen LogP contribution in [0.4, 0.5) is 0 Å². The SMILES string of the molecule is CCCCOCCNCc1ccc(O)c(OC)c1. The fourth-order valence-corrected chi connectivity index (χ4v) is 1.56. The second-order valence-corrected chi connectivity index (χ2v) is 4.15. The van der Waals surface area contributed by atoms with Crippen LogP contribution < -0.4 is 10.1 Å². The second-order valence-electron chi connectivity index (χ2n) is 4.15. The molecule has 0 aromatic heterocycles. The molecule has 0 aliphatic heterocycles. The molecule has 0 bridgehead atoms. The summed E-state index contributed by atoms with van der Waals surface area (Å²) in [5.41, 5.74) is 1.08. The molecular formula is C14H23NO3. The van der Waals surface area contributed by atoms with Crippen molar-refractivity contribution >= 4 is 0 Å². The Morgan fingerprint density at radius 2 is 2.11 bits per heavy atom. The molecule has 0 amide bonds. The summed E-state index contributed by atoms with van der Waals surface area (Å²) in [6.45, 7) is 5.29. The lowest BCUT2D eigenvalue weighted by molar-refractivity contribution is 0.133. The van der Waals surface area contributed by atoms with Crippen molar-refractivity contribution in [2.75, 3.05) is 26.9 Å². The molecule has 0 unspecified atom stereocenters. The number of benzene rings is 1. The summed E-state index contributed by atoms with van der Waals surface area (Å²) < 4.78 is 10.5. The lowest BCUT2D eigenvalue weighted by Gasteiger charge is -2.08. The summed E-state index contributed by atoms with van der Waals surface area (Å²) >= 11 is 0. The van der Waals surface area contributed by atoms with Crippen LogP contribution in [0.2, 0.25) is 0 Å². The number of phenolic OH excluding ortho intramolecular Hbond substituents is 1. The Morgan fingerprint density at radius 3 is 2.83 bits per heavy atom. The van der Waals surface area contributed by atoms with Gasteiger partial charge in [0.05, 0.1) is 13.7 Å². The van der Waals surface area contributed by atoms with E-state index >= 15 is 0 Å². The minimum Gasteiger partial charge on any atom is -0.504 e. The number of hydrogen-bond donors (Lipinski definition) is 2. The van der Waals surface area contributed by atoms with Crippen molar-refractivity contribution in [2.24, 2.45) is 0 Å². The predicted octanol–water partition coefficient (Wildman–Crippen LogP) is 2.31. The molecule has 1 aromatic carbocycles. The van der Waals surface area contributed by atoms with E-state index in [-0.39, 0.29) is 5.75 Å². The maximum absolute atomic E-state index is 9.46. The molecule has 0 aliphatic rings. The van der Waals surface area contributed by atoms with Gasteiger partial charge in [0.2, 0.25) is 0 Å².